The number of nitrogens with one attached hydrogen (secondary N) is 1. The number of nitrogens with zero attached hydrogens (tertiary/aromatic N) is 1. The highest BCUT2D eigenvalue weighted by molar-refractivity contribution is 6.09. The van der Waals surface area contributed by atoms with Gasteiger partial charge in [0.05, 0.1) is 11.3 Å². The van der Waals surface area contributed by atoms with Gasteiger partial charge < -0.3 is 5.32 Å². The van der Waals surface area contributed by atoms with Crippen LogP contribution in [0.4, 0.5) is 5.69 Å². The lowest BCUT2D eigenvalue weighted by Gasteiger charge is -2.22. The zero-order valence-corrected chi connectivity index (χ0v) is 10.5. The molecular formula is C15H12N2O3. The molecule has 2 N–H and O–H groups in total. The van der Waals surface area contributed by atoms with Crippen molar-refractivity contribution in [3.63, 3.8) is 0 Å². The SMILES string of the molecule is O=C1Nc2ccccc2C(=O)N(O)[C@H]1c1ccccc1. The molecule has 100 valence electrons. The highest BCUT2D eigenvalue weighted by atomic mass is 16.5. The predicted octanol–water partition coefficient (Wildman–Crippen LogP) is 2.21. The summed E-state index contributed by atoms with van der Waals surface area (Å²) >= 11 is 0. The van der Waals surface area contributed by atoms with Crippen LogP contribution in [0, 0.1) is 0 Å². The summed E-state index contributed by atoms with van der Waals surface area (Å²) in [7, 11) is 0. The molecule has 1 atom stereocenters. The summed E-state index contributed by atoms with van der Waals surface area (Å²) < 4.78 is 0. The molecule has 0 fully saturated rings. The maximum atomic E-state index is 12.3. The molecule has 20 heavy (non-hydrogen) atoms. The molecule has 2 amide bonds. The summed E-state index contributed by atoms with van der Waals surface area (Å²) in [5.74, 6) is -1.05. The number of carbonyl (C=O) groups excluding carboxylic acids is 2. The maximum Gasteiger partial charge on any atom is 0.280 e. The Morgan fingerprint density at radius 1 is 0.950 bits per heavy atom. The Bertz CT molecular complexity index is 670. The number of hydrogen-bond donors (Lipinski definition) is 2. The first-order valence-corrected chi connectivity index (χ1v) is 6.16. The van der Waals surface area contributed by atoms with Gasteiger partial charge in [-0.15, -0.1) is 0 Å². The average molecular weight is 268 g/mol. The second-order valence-corrected chi connectivity index (χ2v) is 4.50. The molecule has 0 bridgehead atoms. The van der Waals surface area contributed by atoms with Crippen molar-refractivity contribution >= 4 is 17.5 Å². The molecule has 0 saturated heterocycles. The quantitative estimate of drug-likeness (QED) is 0.779. The van der Waals surface area contributed by atoms with Crippen LogP contribution in [0.5, 0.6) is 0 Å². The van der Waals surface area contributed by atoms with E-state index < -0.39 is 17.9 Å². The van der Waals surface area contributed by atoms with Crippen molar-refractivity contribution in [2.75, 3.05) is 5.32 Å². The van der Waals surface area contributed by atoms with Crippen LogP contribution in [0.1, 0.15) is 22.0 Å². The summed E-state index contributed by atoms with van der Waals surface area (Å²) in [6.07, 6.45) is 0. The molecule has 1 aliphatic rings. The summed E-state index contributed by atoms with van der Waals surface area (Å²) in [4.78, 5) is 24.5. The lowest BCUT2D eigenvalue weighted by Crippen LogP contribution is -2.36. The van der Waals surface area contributed by atoms with Gasteiger partial charge in [-0.05, 0) is 17.7 Å². The fraction of sp³-hybridized carbons (Fsp3) is 0.0667. The van der Waals surface area contributed by atoms with E-state index in [2.05, 4.69) is 5.32 Å². The second-order valence-electron chi connectivity index (χ2n) is 4.50. The third-order valence-electron chi connectivity index (χ3n) is 3.23. The van der Waals surface area contributed by atoms with Crippen LogP contribution in [0.15, 0.2) is 54.6 Å². The lowest BCUT2D eigenvalue weighted by atomic mass is 10.1. The molecule has 0 saturated carbocycles. The Morgan fingerprint density at radius 3 is 2.35 bits per heavy atom. The van der Waals surface area contributed by atoms with Crippen molar-refractivity contribution in [3.8, 4) is 0 Å². The summed E-state index contributed by atoms with van der Waals surface area (Å²) in [6, 6.07) is 14.2. The number of carbonyl (C=O) groups is 2. The standard InChI is InChI=1S/C15H12N2O3/c18-14-13(10-6-2-1-3-7-10)17(20)15(19)11-8-4-5-9-12(11)16-14/h1-9,13,20H,(H,16,18)/t13-/m0/s1. The molecular weight excluding hydrogens is 256 g/mol. The molecule has 1 aliphatic heterocycles. The highest BCUT2D eigenvalue weighted by Gasteiger charge is 2.35. The zero-order valence-electron chi connectivity index (χ0n) is 10.5. The van der Waals surface area contributed by atoms with E-state index in [9.17, 15) is 14.8 Å². The summed E-state index contributed by atoms with van der Waals surface area (Å²) in [5.41, 5.74) is 1.22. The van der Waals surface area contributed by atoms with E-state index in [0.717, 1.165) is 0 Å². The van der Waals surface area contributed by atoms with E-state index in [0.29, 0.717) is 16.3 Å². The number of anilines is 1. The largest absolute Gasteiger partial charge is 0.323 e. The number of rotatable bonds is 1. The van der Waals surface area contributed by atoms with Crippen molar-refractivity contribution in [2.45, 2.75) is 6.04 Å². The molecule has 0 radical (unpaired) electrons. The Balaban J connectivity index is 2.08. The van der Waals surface area contributed by atoms with E-state index in [1.807, 2.05) is 0 Å². The van der Waals surface area contributed by atoms with Gasteiger partial charge in [-0.25, -0.2) is 5.06 Å². The van der Waals surface area contributed by atoms with E-state index in [4.69, 9.17) is 0 Å². The van der Waals surface area contributed by atoms with Crippen LogP contribution < -0.4 is 5.32 Å². The number of para-hydroxylation sites is 1. The molecule has 3 rings (SSSR count). The van der Waals surface area contributed by atoms with Crippen molar-refractivity contribution in [1.82, 2.24) is 5.06 Å². The molecule has 5 nitrogen and oxygen atoms in total. The van der Waals surface area contributed by atoms with Gasteiger partial charge in [0.1, 0.15) is 0 Å². The Hall–Kier alpha value is -2.66. The van der Waals surface area contributed by atoms with Gasteiger partial charge in [0.25, 0.3) is 11.8 Å². The van der Waals surface area contributed by atoms with Gasteiger partial charge >= 0.3 is 0 Å². The number of fused-ring (bicyclic) bond motifs is 1. The fourth-order valence-corrected chi connectivity index (χ4v) is 2.26. The van der Waals surface area contributed by atoms with Crippen LogP contribution in [0.3, 0.4) is 0 Å². The smallest absolute Gasteiger partial charge is 0.280 e. The summed E-state index contributed by atoms with van der Waals surface area (Å²) in [6.45, 7) is 0. The molecule has 0 aromatic heterocycles. The second kappa shape index (κ2) is 4.79. The minimum Gasteiger partial charge on any atom is -0.323 e. The Kier molecular flexibility index (Phi) is 2.96. The maximum absolute atomic E-state index is 12.3. The normalized spacial score (nSPS) is 18.2. The van der Waals surface area contributed by atoms with Gasteiger partial charge in [-0.1, -0.05) is 42.5 Å². The molecule has 2 aromatic carbocycles. The van der Waals surface area contributed by atoms with Crippen LogP contribution >= 0.6 is 0 Å². The van der Waals surface area contributed by atoms with Crippen LogP contribution in [-0.4, -0.2) is 22.1 Å². The van der Waals surface area contributed by atoms with Crippen molar-refractivity contribution in [3.05, 3.63) is 65.7 Å². The molecule has 0 unspecified atom stereocenters. The molecule has 5 heteroatoms. The third-order valence-corrected chi connectivity index (χ3v) is 3.23. The molecule has 2 aromatic rings. The third kappa shape index (κ3) is 1.94. The average Bonchev–Trinajstić information content (AvgIpc) is 2.56. The number of amides is 2. The lowest BCUT2D eigenvalue weighted by molar-refractivity contribution is -0.136. The van der Waals surface area contributed by atoms with Crippen molar-refractivity contribution < 1.29 is 14.8 Å². The first kappa shape index (κ1) is 12.4. The summed E-state index contributed by atoms with van der Waals surface area (Å²) in [5, 5.41) is 13.3. The van der Waals surface area contributed by atoms with Crippen LogP contribution in [-0.2, 0) is 4.79 Å². The minimum atomic E-state index is -1.06. The van der Waals surface area contributed by atoms with E-state index >= 15 is 0 Å². The van der Waals surface area contributed by atoms with Gasteiger partial charge in [0.15, 0.2) is 6.04 Å². The predicted molar refractivity (Wildman–Crippen MR) is 72.2 cm³/mol. The van der Waals surface area contributed by atoms with Crippen molar-refractivity contribution in [1.29, 1.82) is 0 Å². The van der Waals surface area contributed by atoms with Crippen molar-refractivity contribution in [2.24, 2.45) is 0 Å². The van der Waals surface area contributed by atoms with Crippen LogP contribution in [0.2, 0.25) is 0 Å². The highest BCUT2D eigenvalue weighted by Crippen LogP contribution is 2.29. The van der Waals surface area contributed by atoms with Gasteiger partial charge in [-0.2, -0.15) is 0 Å². The van der Waals surface area contributed by atoms with Gasteiger partial charge in [-0.3, -0.25) is 14.8 Å². The van der Waals surface area contributed by atoms with Gasteiger partial charge in [0, 0.05) is 0 Å². The van der Waals surface area contributed by atoms with Crippen LogP contribution in [0.25, 0.3) is 0 Å². The molecule has 1 heterocycles. The zero-order chi connectivity index (χ0) is 14.1. The number of hydroxylamine groups is 2. The molecule has 0 aliphatic carbocycles. The fourth-order valence-electron chi connectivity index (χ4n) is 2.26. The number of benzene rings is 2. The Morgan fingerprint density at radius 2 is 1.60 bits per heavy atom. The minimum absolute atomic E-state index is 0.266. The molecule has 0 spiro atoms. The first-order chi connectivity index (χ1) is 9.68. The number of hydrogen-bond acceptors (Lipinski definition) is 3. The van der Waals surface area contributed by atoms with Gasteiger partial charge in [0.2, 0.25) is 0 Å². The van der Waals surface area contributed by atoms with E-state index in [-0.39, 0.29) is 5.56 Å². The van der Waals surface area contributed by atoms with E-state index in [1.54, 1.807) is 54.6 Å². The van der Waals surface area contributed by atoms with E-state index in [1.165, 1.54) is 0 Å². The topological polar surface area (TPSA) is 69.6 Å². The Labute approximate surface area is 115 Å². The first-order valence-electron chi connectivity index (χ1n) is 6.16. The monoisotopic (exact) mass is 268 g/mol.